The number of hydrogen-bond acceptors (Lipinski definition) is 4. The number of pyridine rings is 1. The smallest absolute Gasteiger partial charge is 0.233 e. The normalized spacial score (nSPS) is 24.9. The predicted octanol–water partition coefficient (Wildman–Crippen LogP) is 3.23. The van der Waals surface area contributed by atoms with Crippen LogP contribution in [-0.2, 0) is 16.1 Å². The number of carbonyl (C=O) groups excluding carboxylic acids is 2. The van der Waals surface area contributed by atoms with Gasteiger partial charge >= 0.3 is 0 Å². The lowest BCUT2D eigenvalue weighted by Gasteiger charge is -2.18. The van der Waals surface area contributed by atoms with E-state index in [1.54, 1.807) is 6.20 Å². The summed E-state index contributed by atoms with van der Waals surface area (Å²) in [6.07, 6.45) is 6.99. The summed E-state index contributed by atoms with van der Waals surface area (Å²) < 4.78 is 0. The lowest BCUT2D eigenvalue weighted by molar-refractivity contribution is -0.140. The van der Waals surface area contributed by atoms with Gasteiger partial charge in [-0.25, -0.2) is 4.99 Å². The van der Waals surface area contributed by atoms with Crippen molar-refractivity contribution in [3.8, 4) is 11.3 Å². The number of guanidine groups is 1. The number of imide groups is 1. The molecule has 2 bridgehead atoms. The van der Waals surface area contributed by atoms with E-state index < -0.39 is 0 Å². The summed E-state index contributed by atoms with van der Waals surface area (Å²) in [7, 11) is 0. The zero-order valence-electron chi connectivity index (χ0n) is 19.2. The molecule has 2 heterocycles. The van der Waals surface area contributed by atoms with E-state index in [1.807, 2.05) is 43.3 Å². The van der Waals surface area contributed by atoms with Gasteiger partial charge in [-0.05, 0) is 48.9 Å². The van der Waals surface area contributed by atoms with Gasteiger partial charge in [0.25, 0.3) is 0 Å². The largest absolute Gasteiger partial charge is 0.357 e. The molecule has 3 aliphatic rings. The van der Waals surface area contributed by atoms with E-state index in [-0.39, 0.29) is 59.5 Å². The van der Waals surface area contributed by atoms with E-state index in [0.29, 0.717) is 25.6 Å². The number of aromatic nitrogens is 1. The van der Waals surface area contributed by atoms with Crippen molar-refractivity contribution < 1.29 is 9.59 Å². The highest BCUT2D eigenvalue weighted by Gasteiger charge is 2.58. The number of amides is 2. The SMILES string of the molecule is CCNC(=NCc1cccc(-c2ccccn2)c1)NCCN1C(=O)C2C3C=CC(C3)C2C1=O.I. The molecule has 2 aromatic rings. The van der Waals surface area contributed by atoms with Crippen molar-refractivity contribution in [2.24, 2.45) is 28.7 Å². The minimum absolute atomic E-state index is 0. The van der Waals surface area contributed by atoms with Crippen LogP contribution in [0.25, 0.3) is 11.3 Å². The molecule has 0 radical (unpaired) electrons. The van der Waals surface area contributed by atoms with Crippen LogP contribution in [0.4, 0.5) is 0 Å². The van der Waals surface area contributed by atoms with E-state index in [2.05, 4.69) is 38.8 Å². The van der Waals surface area contributed by atoms with E-state index >= 15 is 0 Å². The maximum atomic E-state index is 12.8. The molecule has 1 saturated carbocycles. The third kappa shape index (κ3) is 4.73. The van der Waals surface area contributed by atoms with Gasteiger partial charge in [-0.3, -0.25) is 19.5 Å². The zero-order valence-corrected chi connectivity index (χ0v) is 21.5. The van der Waals surface area contributed by atoms with Gasteiger partial charge in [0, 0.05) is 31.4 Å². The number of carbonyl (C=O) groups is 2. The van der Waals surface area contributed by atoms with Crippen LogP contribution < -0.4 is 10.6 Å². The van der Waals surface area contributed by atoms with Crippen LogP contribution in [0.2, 0.25) is 0 Å². The van der Waals surface area contributed by atoms with Crippen LogP contribution in [0.1, 0.15) is 18.9 Å². The molecule has 1 aromatic heterocycles. The van der Waals surface area contributed by atoms with Crippen molar-refractivity contribution in [2.75, 3.05) is 19.6 Å². The summed E-state index contributed by atoms with van der Waals surface area (Å²) in [5.41, 5.74) is 3.07. The molecule has 178 valence electrons. The molecule has 2 fully saturated rings. The number of likely N-dealkylation sites (tertiary alicyclic amines) is 1. The Morgan fingerprint density at radius 1 is 1.06 bits per heavy atom. The van der Waals surface area contributed by atoms with Crippen LogP contribution in [0.15, 0.2) is 65.8 Å². The molecule has 4 unspecified atom stereocenters. The molecule has 0 spiro atoms. The monoisotopic (exact) mass is 571 g/mol. The lowest BCUT2D eigenvalue weighted by atomic mass is 9.85. The van der Waals surface area contributed by atoms with Crippen molar-refractivity contribution in [3.05, 3.63) is 66.4 Å². The maximum absolute atomic E-state index is 12.8. The Hall–Kier alpha value is -2.75. The molecule has 1 aliphatic heterocycles. The zero-order chi connectivity index (χ0) is 22.8. The maximum Gasteiger partial charge on any atom is 0.233 e. The first-order valence-corrected chi connectivity index (χ1v) is 11.7. The van der Waals surface area contributed by atoms with E-state index in [0.717, 1.165) is 29.8 Å². The molecule has 34 heavy (non-hydrogen) atoms. The Labute approximate surface area is 217 Å². The summed E-state index contributed by atoms with van der Waals surface area (Å²) in [5, 5.41) is 6.51. The average Bonchev–Trinajstić information content (AvgIpc) is 3.53. The molecule has 7 nitrogen and oxygen atoms in total. The molecule has 1 aromatic carbocycles. The Bertz CT molecular complexity index is 1070. The molecule has 4 atom stereocenters. The van der Waals surface area contributed by atoms with Crippen molar-refractivity contribution in [2.45, 2.75) is 19.9 Å². The number of nitrogens with zero attached hydrogens (tertiary/aromatic N) is 3. The number of halogens is 1. The number of aliphatic imine (C=N–C) groups is 1. The minimum atomic E-state index is -0.138. The molecule has 8 heteroatoms. The lowest BCUT2D eigenvalue weighted by Crippen LogP contribution is -2.43. The number of fused-ring (bicyclic) bond motifs is 5. The average molecular weight is 571 g/mol. The van der Waals surface area contributed by atoms with Crippen LogP contribution in [0.3, 0.4) is 0 Å². The first kappa shape index (κ1) is 24.4. The summed E-state index contributed by atoms with van der Waals surface area (Å²) in [4.78, 5) is 36.2. The quantitative estimate of drug-likeness (QED) is 0.175. The van der Waals surface area contributed by atoms with Gasteiger partial charge in [0.05, 0.1) is 24.1 Å². The summed E-state index contributed by atoms with van der Waals surface area (Å²) in [6, 6.07) is 14.1. The fraction of sp³-hybridized carbons (Fsp3) is 0.385. The van der Waals surface area contributed by atoms with Gasteiger partial charge in [-0.15, -0.1) is 24.0 Å². The Balaban J connectivity index is 0.00000274. The third-order valence-corrected chi connectivity index (χ3v) is 6.84. The van der Waals surface area contributed by atoms with Crippen LogP contribution >= 0.6 is 24.0 Å². The van der Waals surface area contributed by atoms with Gasteiger partial charge in [0.1, 0.15) is 0 Å². The summed E-state index contributed by atoms with van der Waals surface area (Å²) >= 11 is 0. The topological polar surface area (TPSA) is 86.7 Å². The van der Waals surface area contributed by atoms with E-state index in [4.69, 9.17) is 0 Å². The molecule has 2 amide bonds. The highest BCUT2D eigenvalue weighted by molar-refractivity contribution is 14.0. The molecular formula is C26H30IN5O2. The number of benzene rings is 1. The van der Waals surface area contributed by atoms with Gasteiger partial charge < -0.3 is 10.6 Å². The summed E-state index contributed by atoms with van der Waals surface area (Å²) in [6.45, 7) is 4.08. The number of hydrogen-bond donors (Lipinski definition) is 2. The Kier molecular flexibility index (Phi) is 7.65. The highest BCUT2D eigenvalue weighted by atomic mass is 127. The first-order chi connectivity index (χ1) is 16.2. The molecule has 1 saturated heterocycles. The third-order valence-electron chi connectivity index (χ3n) is 6.84. The molecular weight excluding hydrogens is 541 g/mol. The first-order valence-electron chi connectivity index (χ1n) is 11.7. The van der Waals surface area contributed by atoms with Crippen LogP contribution in [-0.4, -0.2) is 47.3 Å². The second-order valence-corrected chi connectivity index (χ2v) is 8.87. The van der Waals surface area contributed by atoms with Crippen molar-refractivity contribution >= 4 is 41.8 Å². The van der Waals surface area contributed by atoms with Gasteiger partial charge in [-0.1, -0.05) is 36.4 Å². The molecule has 5 rings (SSSR count). The van der Waals surface area contributed by atoms with E-state index in [1.165, 1.54) is 4.90 Å². The minimum Gasteiger partial charge on any atom is -0.357 e. The van der Waals surface area contributed by atoms with Gasteiger partial charge in [0.2, 0.25) is 11.8 Å². The van der Waals surface area contributed by atoms with Crippen molar-refractivity contribution in [1.29, 1.82) is 0 Å². The predicted molar refractivity (Wildman–Crippen MR) is 142 cm³/mol. The summed E-state index contributed by atoms with van der Waals surface area (Å²) in [5.74, 6) is 0.877. The molecule has 2 N–H and O–H groups in total. The standard InChI is InChI=1S/C26H29N5O2.HI/c1-2-27-26(30-16-17-6-5-7-18(14-17)21-8-3-4-11-28-21)29-12-13-31-24(32)22-19-9-10-20(15-19)23(22)25(31)33;/h3-11,14,19-20,22-23H,2,12-13,15-16H2,1H3,(H2,27,29,30);1H. The van der Waals surface area contributed by atoms with Crippen LogP contribution in [0.5, 0.6) is 0 Å². The number of nitrogens with one attached hydrogen (secondary N) is 2. The fourth-order valence-electron chi connectivity index (χ4n) is 5.35. The fourth-order valence-corrected chi connectivity index (χ4v) is 5.35. The highest BCUT2D eigenvalue weighted by Crippen LogP contribution is 2.52. The van der Waals surface area contributed by atoms with Gasteiger partial charge in [-0.2, -0.15) is 0 Å². The second-order valence-electron chi connectivity index (χ2n) is 8.87. The Morgan fingerprint density at radius 2 is 1.82 bits per heavy atom. The Morgan fingerprint density at radius 3 is 2.50 bits per heavy atom. The van der Waals surface area contributed by atoms with E-state index in [9.17, 15) is 9.59 Å². The van der Waals surface area contributed by atoms with Gasteiger partial charge in [0.15, 0.2) is 5.96 Å². The molecule has 2 aliphatic carbocycles. The second kappa shape index (κ2) is 10.7. The number of rotatable bonds is 7. The van der Waals surface area contributed by atoms with Crippen molar-refractivity contribution in [1.82, 2.24) is 20.5 Å². The van der Waals surface area contributed by atoms with Crippen LogP contribution in [0, 0.1) is 23.7 Å². The number of allylic oxidation sites excluding steroid dienone is 2. The van der Waals surface area contributed by atoms with Crippen molar-refractivity contribution in [3.63, 3.8) is 0 Å².